The molecule has 1 aromatic carbocycles. The lowest BCUT2D eigenvalue weighted by Crippen LogP contribution is -2.38. The van der Waals surface area contributed by atoms with Crippen LogP contribution in [-0.4, -0.2) is 13.1 Å². The highest BCUT2D eigenvalue weighted by atomic mass is 35.5. The van der Waals surface area contributed by atoms with Crippen LogP contribution in [0, 0.1) is 5.41 Å². The number of hydrogen-bond donors (Lipinski definition) is 1. The van der Waals surface area contributed by atoms with Gasteiger partial charge in [0.05, 0.1) is 11.4 Å². The van der Waals surface area contributed by atoms with Gasteiger partial charge in [0.1, 0.15) is 0 Å². The summed E-state index contributed by atoms with van der Waals surface area (Å²) in [5, 5.41) is 0.710. The summed E-state index contributed by atoms with van der Waals surface area (Å²) in [5.41, 5.74) is 8.46. The first kappa shape index (κ1) is 12.6. The van der Waals surface area contributed by atoms with Gasteiger partial charge >= 0.3 is 0 Å². The van der Waals surface area contributed by atoms with Crippen molar-refractivity contribution in [1.82, 2.24) is 0 Å². The van der Waals surface area contributed by atoms with Gasteiger partial charge in [0.2, 0.25) is 0 Å². The molecule has 0 aliphatic carbocycles. The average molecular weight is 253 g/mol. The van der Waals surface area contributed by atoms with Gasteiger partial charge in [0.25, 0.3) is 0 Å². The van der Waals surface area contributed by atoms with Crippen molar-refractivity contribution in [3.05, 3.63) is 23.2 Å². The minimum Gasteiger partial charge on any atom is -0.397 e. The number of piperidine rings is 1. The Labute approximate surface area is 109 Å². The Morgan fingerprint density at radius 3 is 2.53 bits per heavy atom. The highest BCUT2D eigenvalue weighted by Gasteiger charge is 2.28. The molecule has 0 radical (unpaired) electrons. The van der Waals surface area contributed by atoms with Crippen LogP contribution < -0.4 is 10.6 Å². The molecular weight excluding hydrogens is 232 g/mol. The van der Waals surface area contributed by atoms with Gasteiger partial charge < -0.3 is 10.6 Å². The standard InChI is InChI=1S/C14H21ClN2/c1-3-14(2)6-8-17(9-7-14)13-5-4-11(15)10-12(13)16/h4-5,10H,3,6-9,16H2,1-2H3. The van der Waals surface area contributed by atoms with Crippen molar-refractivity contribution < 1.29 is 0 Å². The fraction of sp³-hybridized carbons (Fsp3) is 0.571. The molecule has 0 unspecified atom stereocenters. The third-order valence-corrected chi connectivity index (χ3v) is 4.39. The Bertz CT molecular complexity index is 395. The van der Waals surface area contributed by atoms with Crippen LogP contribution in [0.1, 0.15) is 33.1 Å². The van der Waals surface area contributed by atoms with Crippen LogP contribution in [0.25, 0.3) is 0 Å². The molecule has 1 aromatic rings. The minimum absolute atomic E-state index is 0.512. The van der Waals surface area contributed by atoms with E-state index in [0.29, 0.717) is 10.4 Å². The first-order valence-electron chi connectivity index (χ1n) is 6.34. The first-order valence-corrected chi connectivity index (χ1v) is 6.72. The number of rotatable bonds is 2. The molecular formula is C14H21ClN2. The molecule has 1 aliphatic rings. The molecule has 0 aromatic heterocycles. The van der Waals surface area contributed by atoms with Gasteiger partial charge in [0, 0.05) is 18.1 Å². The topological polar surface area (TPSA) is 29.3 Å². The summed E-state index contributed by atoms with van der Waals surface area (Å²) in [5.74, 6) is 0. The van der Waals surface area contributed by atoms with Crippen LogP contribution in [0.4, 0.5) is 11.4 Å². The molecule has 94 valence electrons. The highest BCUT2D eigenvalue weighted by molar-refractivity contribution is 6.31. The van der Waals surface area contributed by atoms with Gasteiger partial charge in [-0.15, -0.1) is 0 Å². The number of anilines is 2. The molecule has 1 saturated heterocycles. The Kier molecular flexibility index (Phi) is 3.53. The SMILES string of the molecule is CCC1(C)CCN(c2ccc(Cl)cc2N)CC1. The normalized spacial score (nSPS) is 19.4. The van der Waals surface area contributed by atoms with E-state index in [2.05, 4.69) is 18.7 Å². The van der Waals surface area contributed by atoms with E-state index in [1.807, 2.05) is 18.2 Å². The molecule has 0 amide bonds. The van der Waals surface area contributed by atoms with Crippen molar-refractivity contribution in [2.45, 2.75) is 33.1 Å². The number of nitrogens with two attached hydrogens (primary N) is 1. The molecule has 1 fully saturated rings. The van der Waals surface area contributed by atoms with Crippen LogP contribution in [-0.2, 0) is 0 Å². The third-order valence-electron chi connectivity index (χ3n) is 4.15. The summed E-state index contributed by atoms with van der Waals surface area (Å²) in [6.07, 6.45) is 3.74. The molecule has 0 bridgehead atoms. The van der Waals surface area contributed by atoms with E-state index in [1.54, 1.807) is 0 Å². The molecule has 1 heterocycles. The molecule has 17 heavy (non-hydrogen) atoms. The van der Waals surface area contributed by atoms with Crippen LogP contribution in [0.2, 0.25) is 5.02 Å². The predicted octanol–water partition coefficient (Wildman–Crippen LogP) is 3.94. The summed E-state index contributed by atoms with van der Waals surface area (Å²) >= 11 is 5.93. The number of hydrogen-bond acceptors (Lipinski definition) is 2. The zero-order valence-electron chi connectivity index (χ0n) is 10.7. The lowest BCUT2D eigenvalue weighted by atomic mass is 9.78. The zero-order chi connectivity index (χ0) is 12.5. The number of halogens is 1. The maximum Gasteiger partial charge on any atom is 0.0600 e. The first-order chi connectivity index (χ1) is 8.04. The van der Waals surface area contributed by atoms with Gasteiger partial charge in [-0.3, -0.25) is 0 Å². The van der Waals surface area contributed by atoms with Gasteiger partial charge in [-0.05, 0) is 36.5 Å². The van der Waals surface area contributed by atoms with E-state index in [0.717, 1.165) is 24.5 Å². The Hall–Kier alpha value is -0.890. The van der Waals surface area contributed by atoms with Crippen molar-refractivity contribution in [2.75, 3.05) is 23.7 Å². The summed E-state index contributed by atoms with van der Waals surface area (Å²) in [6, 6.07) is 5.79. The second-order valence-corrected chi connectivity index (χ2v) is 5.79. The fourth-order valence-electron chi connectivity index (χ4n) is 2.45. The lowest BCUT2D eigenvalue weighted by molar-refractivity contribution is 0.238. The summed E-state index contributed by atoms with van der Waals surface area (Å²) in [6.45, 7) is 6.86. The van der Waals surface area contributed by atoms with Crippen molar-refractivity contribution in [1.29, 1.82) is 0 Å². The van der Waals surface area contributed by atoms with E-state index in [9.17, 15) is 0 Å². The Morgan fingerprint density at radius 2 is 2.00 bits per heavy atom. The Morgan fingerprint density at radius 1 is 1.35 bits per heavy atom. The second kappa shape index (κ2) is 4.77. The quantitative estimate of drug-likeness (QED) is 0.808. The van der Waals surface area contributed by atoms with E-state index in [1.165, 1.54) is 19.3 Å². The van der Waals surface area contributed by atoms with Crippen molar-refractivity contribution in [3.63, 3.8) is 0 Å². The van der Waals surface area contributed by atoms with E-state index in [4.69, 9.17) is 17.3 Å². The molecule has 1 aliphatic heterocycles. The van der Waals surface area contributed by atoms with E-state index < -0.39 is 0 Å². The molecule has 0 saturated carbocycles. The summed E-state index contributed by atoms with van der Waals surface area (Å²) in [7, 11) is 0. The maximum absolute atomic E-state index is 6.03. The summed E-state index contributed by atoms with van der Waals surface area (Å²) in [4.78, 5) is 2.38. The average Bonchev–Trinajstić information content (AvgIpc) is 2.31. The molecule has 3 heteroatoms. The van der Waals surface area contributed by atoms with Gasteiger partial charge in [-0.2, -0.15) is 0 Å². The maximum atomic E-state index is 6.03. The lowest BCUT2D eigenvalue weighted by Gasteiger charge is -2.40. The molecule has 2 N–H and O–H groups in total. The zero-order valence-corrected chi connectivity index (χ0v) is 11.4. The van der Waals surface area contributed by atoms with Gasteiger partial charge in [-0.1, -0.05) is 31.9 Å². The minimum atomic E-state index is 0.512. The fourth-order valence-corrected chi connectivity index (χ4v) is 2.63. The third kappa shape index (κ3) is 2.68. The molecule has 0 spiro atoms. The largest absolute Gasteiger partial charge is 0.397 e. The number of nitrogens with zero attached hydrogens (tertiary/aromatic N) is 1. The van der Waals surface area contributed by atoms with Crippen molar-refractivity contribution in [2.24, 2.45) is 5.41 Å². The number of benzene rings is 1. The van der Waals surface area contributed by atoms with Gasteiger partial charge in [-0.25, -0.2) is 0 Å². The molecule has 2 rings (SSSR count). The molecule has 2 nitrogen and oxygen atoms in total. The van der Waals surface area contributed by atoms with E-state index >= 15 is 0 Å². The second-order valence-electron chi connectivity index (χ2n) is 5.35. The van der Waals surface area contributed by atoms with Crippen molar-refractivity contribution in [3.8, 4) is 0 Å². The van der Waals surface area contributed by atoms with E-state index in [-0.39, 0.29) is 0 Å². The summed E-state index contributed by atoms with van der Waals surface area (Å²) < 4.78 is 0. The van der Waals surface area contributed by atoms with Crippen LogP contribution in [0.15, 0.2) is 18.2 Å². The highest BCUT2D eigenvalue weighted by Crippen LogP contribution is 2.37. The smallest absolute Gasteiger partial charge is 0.0600 e. The molecule has 0 atom stereocenters. The van der Waals surface area contributed by atoms with Crippen molar-refractivity contribution >= 4 is 23.0 Å². The predicted molar refractivity (Wildman–Crippen MR) is 75.7 cm³/mol. The Balaban J connectivity index is 2.10. The monoisotopic (exact) mass is 252 g/mol. The van der Waals surface area contributed by atoms with Crippen LogP contribution in [0.3, 0.4) is 0 Å². The van der Waals surface area contributed by atoms with Crippen LogP contribution >= 0.6 is 11.6 Å². The van der Waals surface area contributed by atoms with Gasteiger partial charge in [0.15, 0.2) is 0 Å². The van der Waals surface area contributed by atoms with Crippen LogP contribution in [0.5, 0.6) is 0 Å². The number of nitrogen functional groups attached to an aromatic ring is 1.